The molecule has 0 spiro atoms. The first-order valence-corrected chi connectivity index (χ1v) is 5.33. The third kappa shape index (κ3) is 3.40. The van der Waals surface area contributed by atoms with Gasteiger partial charge in [0.25, 0.3) is 5.91 Å². The van der Waals surface area contributed by atoms with Gasteiger partial charge in [-0.05, 0) is 32.9 Å². The van der Waals surface area contributed by atoms with Gasteiger partial charge in [-0.15, -0.1) is 0 Å². The Bertz CT molecular complexity index is 362. The summed E-state index contributed by atoms with van der Waals surface area (Å²) in [6, 6.07) is 4.99. The Kier molecular flexibility index (Phi) is 3.63. The van der Waals surface area contributed by atoms with E-state index in [1.165, 1.54) is 0 Å². The predicted octanol–water partition coefficient (Wildman–Crippen LogP) is 3.52. The van der Waals surface area contributed by atoms with Crippen LogP contribution in [-0.2, 0) is 0 Å². The van der Waals surface area contributed by atoms with Crippen molar-refractivity contribution in [2.45, 2.75) is 26.3 Å². The van der Waals surface area contributed by atoms with Crippen molar-refractivity contribution < 1.29 is 4.79 Å². The summed E-state index contributed by atoms with van der Waals surface area (Å²) in [6.45, 7) is 5.70. The van der Waals surface area contributed by atoms with Crippen molar-refractivity contribution in [2.24, 2.45) is 0 Å². The number of nitrogens with one attached hydrogen (secondary N) is 1. The van der Waals surface area contributed by atoms with Crippen molar-refractivity contribution in [1.82, 2.24) is 5.32 Å². The number of carbonyl (C=O) groups is 1. The molecule has 0 saturated carbocycles. The molecule has 0 heterocycles. The first-order chi connectivity index (χ1) is 6.81. The van der Waals surface area contributed by atoms with Crippen LogP contribution in [-0.4, -0.2) is 11.4 Å². The maximum Gasteiger partial charge on any atom is 0.254 e. The fourth-order valence-electron chi connectivity index (χ4n) is 1.12. The lowest BCUT2D eigenvalue weighted by Crippen LogP contribution is -2.40. The van der Waals surface area contributed by atoms with Crippen molar-refractivity contribution in [2.75, 3.05) is 0 Å². The molecule has 0 bridgehead atoms. The van der Waals surface area contributed by atoms with E-state index in [1.807, 2.05) is 20.8 Å². The molecular formula is C11H13Cl2NO. The van der Waals surface area contributed by atoms with Crippen LogP contribution in [0.15, 0.2) is 18.2 Å². The number of rotatable bonds is 1. The second-order valence-electron chi connectivity index (χ2n) is 4.30. The monoisotopic (exact) mass is 245 g/mol. The van der Waals surface area contributed by atoms with E-state index in [4.69, 9.17) is 23.2 Å². The lowest BCUT2D eigenvalue weighted by Gasteiger charge is -2.21. The van der Waals surface area contributed by atoms with Gasteiger partial charge in [-0.1, -0.05) is 29.3 Å². The Hall–Kier alpha value is -0.730. The van der Waals surface area contributed by atoms with Gasteiger partial charge in [0.2, 0.25) is 0 Å². The molecule has 0 atom stereocenters. The first kappa shape index (κ1) is 12.3. The highest BCUT2D eigenvalue weighted by atomic mass is 35.5. The fraction of sp³-hybridized carbons (Fsp3) is 0.364. The highest BCUT2D eigenvalue weighted by molar-refractivity contribution is 6.39. The summed E-state index contributed by atoms with van der Waals surface area (Å²) in [7, 11) is 0. The minimum absolute atomic E-state index is 0.252. The Morgan fingerprint density at radius 2 is 1.67 bits per heavy atom. The Morgan fingerprint density at radius 1 is 1.20 bits per heavy atom. The van der Waals surface area contributed by atoms with Gasteiger partial charge in [0, 0.05) is 5.54 Å². The van der Waals surface area contributed by atoms with Crippen LogP contribution < -0.4 is 5.32 Å². The summed E-state index contributed by atoms with van der Waals surface area (Å²) in [6.07, 6.45) is 0. The molecule has 0 fully saturated rings. The van der Waals surface area contributed by atoms with E-state index in [0.29, 0.717) is 15.6 Å². The summed E-state index contributed by atoms with van der Waals surface area (Å²) in [5.41, 5.74) is 0.0234. The summed E-state index contributed by atoms with van der Waals surface area (Å²) in [5, 5.41) is 3.54. The highest BCUT2D eigenvalue weighted by Crippen LogP contribution is 2.24. The van der Waals surface area contributed by atoms with Gasteiger partial charge in [-0.3, -0.25) is 4.79 Å². The SMILES string of the molecule is CC(C)(C)NC(=O)c1c(Cl)cccc1Cl. The van der Waals surface area contributed by atoms with Crippen molar-refractivity contribution in [3.05, 3.63) is 33.8 Å². The normalized spacial score (nSPS) is 11.3. The van der Waals surface area contributed by atoms with Gasteiger partial charge in [-0.25, -0.2) is 0 Å². The summed E-state index contributed by atoms with van der Waals surface area (Å²) in [4.78, 5) is 11.8. The van der Waals surface area contributed by atoms with Crippen LogP contribution in [0.2, 0.25) is 10.0 Å². The Morgan fingerprint density at radius 3 is 2.07 bits per heavy atom. The molecule has 15 heavy (non-hydrogen) atoms. The molecule has 0 radical (unpaired) electrons. The molecule has 4 heteroatoms. The van der Waals surface area contributed by atoms with Crippen LogP contribution in [0.4, 0.5) is 0 Å². The fourth-order valence-corrected chi connectivity index (χ4v) is 1.69. The molecule has 82 valence electrons. The third-order valence-electron chi connectivity index (χ3n) is 1.68. The number of hydrogen-bond donors (Lipinski definition) is 1. The summed E-state index contributed by atoms with van der Waals surface area (Å²) in [5.74, 6) is -0.252. The topological polar surface area (TPSA) is 29.1 Å². The van der Waals surface area contributed by atoms with E-state index in [1.54, 1.807) is 18.2 Å². The minimum Gasteiger partial charge on any atom is -0.347 e. The van der Waals surface area contributed by atoms with Crippen molar-refractivity contribution >= 4 is 29.1 Å². The van der Waals surface area contributed by atoms with Crippen LogP contribution in [0.5, 0.6) is 0 Å². The number of hydrogen-bond acceptors (Lipinski definition) is 1. The van der Waals surface area contributed by atoms with Crippen molar-refractivity contribution in [1.29, 1.82) is 0 Å². The van der Waals surface area contributed by atoms with Crippen LogP contribution in [0, 0.1) is 0 Å². The van der Waals surface area contributed by atoms with E-state index in [2.05, 4.69) is 5.32 Å². The highest BCUT2D eigenvalue weighted by Gasteiger charge is 2.19. The van der Waals surface area contributed by atoms with Crippen LogP contribution in [0.3, 0.4) is 0 Å². The van der Waals surface area contributed by atoms with E-state index in [-0.39, 0.29) is 11.4 Å². The zero-order valence-corrected chi connectivity index (χ0v) is 10.4. The third-order valence-corrected chi connectivity index (χ3v) is 2.31. The van der Waals surface area contributed by atoms with Crippen LogP contribution in [0.25, 0.3) is 0 Å². The molecule has 0 aliphatic rings. The average Bonchev–Trinajstić information content (AvgIpc) is 1.99. The number of halogens is 2. The molecule has 1 amide bonds. The molecule has 0 unspecified atom stereocenters. The van der Waals surface area contributed by atoms with E-state index in [9.17, 15) is 4.79 Å². The Balaban J connectivity index is 3.02. The van der Waals surface area contributed by atoms with E-state index < -0.39 is 0 Å². The zero-order chi connectivity index (χ0) is 11.6. The molecule has 1 aromatic carbocycles. The largest absolute Gasteiger partial charge is 0.347 e. The molecule has 1 aromatic rings. The second-order valence-corrected chi connectivity index (χ2v) is 5.12. The van der Waals surface area contributed by atoms with Crippen LogP contribution >= 0.6 is 23.2 Å². The molecule has 1 rings (SSSR count). The van der Waals surface area contributed by atoms with Crippen molar-refractivity contribution in [3.63, 3.8) is 0 Å². The van der Waals surface area contributed by atoms with Gasteiger partial charge in [-0.2, -0.15) is 0 Å². The van der Waals surface area contributed by atoms with Crippen LogP contribution in [0.1, 0.15) is 31.1 Å². The molecule has 2 nitrogen and oxygen atoms in total. The number of amides is 1. The van der Waals surface area contributed by atoms with E-state index in [0.717, 1.165) is 0 Å². The molecule has 0 saturated heterocycles. The quantitative estimate of drug-likeness (QED) is 0.806. The summed E-state index contributed by atoms with van der Waals surface area (Å²) >= 11 is 11.8. The zero-order valence-electron chi connectivity index (χ0n) is 8.90. The lowest BCUT2D eigenvalue weighted by molar-refractivity contribution is 0.0920. The average molecular weight is 246 g/mol. The second kappa shape index (κ2) is 4.42. The van der Waals surface area contributed by atoms with Gasteiger partial charge < -0.3 is 5.32 Å². The number of carbonyl (C=O) groups excluding carboxylic acids is 1. The molecule has 0 aromatic heterocycles. The lowest BCUT2D eigenvalue weighted by atomic mass is 10.1. The molecule has 0 aliphatic heterocycles. The number of benzene rings is 1. The Labute approximate surface area is 99.6 Å². The van der Waals surface area contributed by atoms with Gasteiger partial charge in [0.05, 0.1) is 15.6 Å². The smallest absolute Gasteiger partial charge is 0.254 e. The molecular weight excluding hydrogens is 233 g/mol. The first-order valence-electron chi connectivity index (χ1n) is 4.58. The van der Waals surface area contributed by atoms with E-state index >= 15 is 0 Å². The predicted molar refractivity (Wildman–Crippen MR) is 63.7 cm³/mol. The molecule has 1 N–H and O–H groups in total. The maximum absolute atomic E-state index is 11.8. The summed E-state index contributed by atoms with van der Waals surface area (Å²) < 4.78 is 0. The van der Waals surface area contributed by atoms with Gasteiger partial charge in [0.15, 0.2) is 0 Å². The minimum atomic E-state index is -0.306. The standard InChI is InChI=1S/C11H13Cl2NO/c1-11(2,3)14-10(15)9-7(12)5-4-6-8(9)13/h4-6H,1-3H3,(H,14,15). The van der Waals surface area contributed by atoms with Crippen molar-refractivity contribution in [3.8, 4) is 0 Å². The molecule has 0 aliphatic carbocycles. The van der Waals surface area contributed by atoms with Gasteiger partial charge >= 0.3 is 0 Å². The maximum atomic E-state index is 11.8. The van der Waals surface area contributed by atoms with Gasteiger partial charge in [0.1, 0.15) is 0 Å².